The quantitative estimate of drug-likeness (QED) is 0.359. The number of allylic oxidation sites excluding steroid dienone is 1. The first-order valence-electron chi connectivity index (χ1n) is 10.7. The molecule has 2 N–H and O–H groups in total. The van der Waals surface area contributed by atoms with Gasteiger partial charge in [-0.1, -0.05) is 61.5 Å². The molecule has 0 saturated carbocycles. The smallest absolute Gasteiger partial charge is 0.177 e. The van der Waals surface area contributed by atoms with Crippen LogP contribution in [0.15, 0.2) is 82.2 Å². The maximum atomic E-state index is 6.63. The van der Waals surface area contributed by atoms with Crippen molar-refractivity contribution in [1.29, 1.82) is 0 Å². The Kier molecular flexibility index (Phi) is 4.08. The first-order chi connectivity index (χ1) is 15.2. The zero-order valence-corrected chi connectivity index (χ0v) is 17.3. The van der Waals surface area contributed by atoms with Gasteiger partial charge in [-0.2, -0.15) is 0 Å². The second-order valence-corrected chi connectivity index (χ2v) is 8.34. The minimum absolute atomic E-state index is 0.493. The minimum atomic E-state index is -0.522. The molecule has 4 nitrogen and oxygen atoms in total. The molecule has 0 saturated heterocycles. The number of aliphatic imine (C=N–C) groups is 1. The van der Waals surface area contributed by atoms with Gasteiger partial charge in [-0.15, -0.1) is 0 Å². The van der Waals surface area contributed by atoms with Crippen molar-refractivity contribution < 1.29 is 4.42 Å². The van der Waals surface area contributed by atoms with Gasteiger partial charge in [0.2, 0.25) is 0 Å². The molecule has 0 spiro atoms. The van der Waals surface area contributed by atoms with Crippen molar-refractivity contribution in [2.45, 2.75) is 19.6 Å². The first kappa shape index (κ1) is 18.2. The number of fused-ring (bicyclic) bond motifs is 6. The summed E-state index contributed by atoms with van der Waals surface area (Å²) in [5, 5.41) is 3.52. The molecule has 2 unspecified atom stereocenters. The highest BCUT2D eigenvalue weighted by Crippen LogP contribution is 2.39. The summed E-state index contributed by atoms with van der Waals surface area (Å²) in [6.07, 6.45) is 6.77. The summed E-state index contributed by atoms with van der Waals surface area (Å²) in [5.41, 5.74) is 13.0. The average molecular weight is 406 g/mol. The van der Waals surface area contributed by atoms with Crippen LogP contribution >= 0.6 is 0 Å². The monoisotopic (exact) mass is 405 g/mol. The third-order valence-corrected chi connectivity index (χ3v) is 6.20. The van der Waals surface area contributed by atoms with E-state index in [1.165, 1.54) is 10.9 Å². The second-order valence-electron chi connectivity index (χ2n) is 8.34. The van der Waals surface area contributed by atoms with Crippen LogP contribution in [0, 0.1) is 5.92 Å². The van der Waals surface area contributed by atoms with Crippen molar-refractivity contribution in [2.75, 3.05) is 0 Å². The average Bonchev–Trinajstić information content (AvgIpc) is 3.31. The third kappa shape index (κ3) is 2.91. The highest BCUT2D eigenvalue weighted by atomic mass is 16.3. The Morgan fingerprint density at radius 1 is 1.00 bits per heavy atom. The van der Waals surface area contributed by atoms with E-state index in [1.54, 1.807) is 0 Å². The lowest BCUT2D eigenvalue weighted by Crippen LogP contribution is -2.19. The molecule has 2 atom stereocenters. The Labute approximate surface area is 180 Å². The summed E-state index contributed by atoms with van der Waals surface area (Å²) in [6, 6.07) is 22.7. The van der Waals surface area contributed by atoms with Crippen LogP contribution in [0.2, 0.25) is 0 Å². The van der Waals surface area contributed by atoms with Crippen LogP contribution < -0.4 is 5.73 Å². The minimum Gasteiger partial charge on any atom is -0.456 e. The summed E-state index contributed by atoms with van der Waals surface area (Å²) in [7, 11) is 0. The fraction of sp³-hybridized carbons (Fsp3) is 0.148. The summed E-state index contributed by atoms with van der Waals surface area (Å²) < 4.78 is 8.31. The summed E-state index contributed by atoms with van der Waals surface area (Å²) in [6.45, 7) is 2.25. The maximum absolute atomic E-state index is 6.63. The molecule has 1 aliphatic rings. The van der Waals surface area contributed by atoms with E-state index in [9.17, 15) is 0 Å². The number of nitrogens with two attached hydrogens (primary N) is 1. The van der Waals surface area contributed by atoms with Crippen molar-refractivity contribution in [2.24, 2.45) is 16.6 Å². The van der Waals surface area contributed by atoms with Crippen molar-refractivity contribution in [3.05, 3.63) is 89.6 Å². The molecule has 152 valence electrons. The van der Waals surface area contributed by atoms with Crippen LogP contribution in [0.1, 0.15) is 30.0 Å². The van der Waals surface area contributed by atoms with Gasteiger partial charge in [0.05, 0.1) is 5.52 Å². The predicted octanol–water partition coefficient (Wildman–Crippen LogP) is 6.28. The molecule has 31 heavy (non-hydrogen) atoms. The molecular weight excluding hydrogens is 382 g/mol. The van der Waals surface area contributed by atoms with Gasteiger partial charge >= 0.3 is 0 Å². The van der Waals surface area contributed by atoms with Crippen molar-refractivity contribution in [3.63, 3.8) is 0 Å². The Balaban J connectivity index is 1.58. The second kappa shape index (κ2) is 6.96. The standard InChI is InChI=1S/C27H23N3O/c1-17-11-12-23-20(13-17)21-14-22-19-9-5-6-10-25(19)31-26(22)15-24(21)30(23)27(28)29-16-18-7-3-2-4-8-18/h2-12,14-17,27H,13,28H2,1H3. The van der Waals surface area contributed by atoms with E-state index in [4.69, 9.17) is 10.2 Å². The number of rotatable bonds is 3. The first-order valence-corrected chi connectivity index (χ1v) is 10.7. The van der Waals surface area contributed by atoms with Gasteiger partial charge in [-0.05, 0) is 41.7 Å². The molecule has 0 fully saturated rings. The van der Waals surface area contributed by atoms with Gasteiger partial charge in [0, 0.05) is 34.1 Å². The molecule has 2 heterocycles. The zero-order chi connectivity index (χ0) is 20.9. The van der Waals surface area contributed by atoms with Gasteiger partial charge in [0.15, 0.2) is 6.29 Å². The molecule has 0 bridgehead atoms. The van der Waals surface area contributed by atoms with Gasteiger partial charge in [0.25, 0.3) is 0 Å². The fourth-order valence-electron chi connectivity index (χ4n) is 4.71. The Morgan fingerprint density at radius 2 is 1.81 bits per heavy atom. The van der Waals surface area contributed by atoms with Crippen LogP contribution in [0.25, 0.3) is 38.9 Å². The number of furan rings is 1. The molecule has 6 rings (SSSR count). The predicted molar refractivity (Wildman–Crippen MR) is 128 cm³/mol. The summed E-state index contributed by atoms with van der Waals surface area (Å²) in [4.78, 5) is 4.69. The number of nitrogens with zero attached hydrogens (tertiary/aromatic N) is 2. The van der Waals surface area contributed by atoms with E-state index < -0.39 is 6.29 Å². The Bertz CT molecular complexity index is 1490. The van der Waals surface area contributed by atoms with Crippen LogP contribution in [0.4, 0.5) is 0 Å². The number of hydrogen-bond donors (Lipinski definition) is 1. The lowest BCUT2D eigenvalue weighted by atomic mass is 9.93. The summed E-state index contributed by atoms with van der Waals surface area (Å²) >= 11 is 0. The van der Waals surface area contributed by atoms with Gasteiger partial charge < -0.3 is 8.98 Å². The van der Waals surface area contributed by atoms with E-state index >= 15 is 0 Å². The number of benzene rings is 3. The molecule has 0 radical (unpaired) electrons. The third-order valence-electron chi connectivity index (χ3n) is 6.20. The van der Waals surface area contributed by atoms with E-state index in [2.05, 4.69) is 52.9 Å². The topological polar surface area (TPSA) is 56.5 Å². The van der Waals surface area contributed by atoms with Gasteiger partial charge in [-0.25, -0.2) is 0 Å². The van der Waals surface area contributed by atoms with Crippen LogP contribution in [0.3, 0.4) is 0 Å². The van der Waals surface area contributed by atoms with Gasteiger partial charge in [0.1, 0.15) is 11.2 Å². The molecule has 5 aromatic rings. The molecular formula is C27H23N3O. The SMILES string of the molecule is CC1C=Cc2c(c3cc4c(cc3n2C(N)N=Cc2ccccc2)oc2ccccc24)C1. The van der Waals surface area contributed by atoms with E-state index in [0.717, 1.165) is 45.1 Å². The van der Waals surface area contributed by atoms with Crippen molar-refractivity contribution in [3.8, 4) is 0 Å². The largest absolute Gasteiger partial charge is 0.456 e. The van der Waals surface area contributed by atoms with E-state index in [1.807, 2.05) is 48.7 Å². The lowest BCUT2D eigenvalue weighted by molar-refractivity contribution is 0.559. The van der Waals surface area contributed by atoms with Crippen LogP contribution in [0.5, 0.6) is 0 Å². The highest BCUT2D eigenvalue weighted by Gasteiger charge is 2.24. The van der Waals surface area contributed by atoms with E-state index in [0.29, 0.717) is 5.92 Å². The Morgan fingerprint density at radius 3 is 2.68 bits per heavy atom. The zero-order valence-electron chi connectivity index (χ0n) is 17.3. The summed E-state index contributed by atoms with van der Waals surface area (Å²) in [5.74, 6) is 0.493. The normalized spacial score (nSPS) is 17.2. The van der Waals surface area contributed by atoms with Gasteiger partial charge in [-0.3, -0.25) is 10.7 Å². The Hall–Kier alpha value is -3.63. The molecule has 0 aliphatic heterocycles. The number of aromatic nitrogens is 1. The van der Waals surface area contributed by atoms with Crippen molar-refractivity contribution in [1.82, 2.24) is 4.57 Å². The van der Waals surface area contributed by atoms with Crippen LogP contribution in [-0.2, 0) is 6.42 Å². The number of para-hydroxylation sites is 1. The highest BCUT2D eigenvalue weighted by molar-refractivity contribution is 6.10. The molecule has 0 amide bonds. The molecule has 1 aliphatic carbocycles. The maximum Gasteiger partial charge on any atom is 0.177 e. The molecule has 4 heteroatoms. The molecule has 3 aromatic carbocycles. The number of hydrogen-bond acceptors (Lipinski definition) is 3. The van der Waals surface area contributed by atoms with Crippen molar-refractivity contribution >= 4 is 45.1 Å². The molecule has 2 aromatic heterocycles. The van der Waals surface area contributed by atoms with Crippen LogP contribution in [-0.4, -0.2) is 10.8 Å². The fourth-order valence-corrected chi connectivity index (χ4v) is 4.71. The van der Waals surface area contributed by atoms with E-state index in [-0.39, 0.29) is 0 Å². The lowest BCUT2D eigenvalue weighted by Gasteiger charge is -2.17.